The van der Waals surface area contributed by atoms with E-state index < -0.39 is 0 Å². The number of hydrogen-bond donors (Lipinski definition) is 0. The quantitative estimate of drug-likeness (QED) is 0.538. The van der Waals surface area contributed by atoms with Gasteiger partial charge in [0.15, 0.2) is 11.5 Å². The molecule has 1 atom stereocenters. The maximum atomic E-state index is 13.1. The average Bonchev–Trinajstić information content (AvgIpc) is 3.09. The molecule has 0 aliphatic heterocycles. The number of rotatable bonds is 7. The van der Waals surface area contributed by atoms with Gasteiger partial charge in [-0.3, -0.25) is 4.79 Å². The van der Waals surface area contributed by atoms with Gasteiger partial charge >= 0.3 is 0 Å². The van der Waals surface area contributed by atoms with Gasteiger partial charge in [-0.15, -0.1) is 11.3 Å². The molecule has 29 heavy (non-hydrogen) atoms. The van der Waals surface area contributed by atoms with E-state index in [1.807, 2.05) is 58.2 Å². The van der Waals surface area contributed by atoms with Gasteiger partial charge in [0.1, 0.15) is 6.61 Å². The first-order chi connectivity index (χ1) is 13.9. The van der Waals surface area contributed by atoms with Crippen molar-refractivity contribution in [2.45, 2.75) is 33.4 Å². The van der Waals surface area contributed by atoms with Crippen molar-refractivity contribution < 1.29 is 14.3 Å². The van der Waals surface area contributed by atoms with Crippen LogP contribution >= 0.6 is 11.3 Å². The number of carbonyl (C=O) groups is 1. The molecule has 1 heterocycles. The van der Waals surface area contributed by atoms with Crippen molar-refractivity contribution in [1.29, 1.82) is 0 Å². The largest absolute Gasteiger partial charge is 0.493 e. The van der Waals surface area contributed by atoms with Crippen LogP contribution in [0, 0.1) is 13.8 Å². The number of carbonyl (C=O) groups excluding carboxylic acids is 1. The van der Waals surface area contributed by atoms with Crippen LogP contribution in [0.3, 0.4) is 0 Å². The van der Waals surface area contributed by atoms with Gasteiger partial charge in [0.25, 0.3) is 5.91 Å². The standard InChI is InChI=1S/C23H26N2O3S/c1-15-22(29-17(3)24-15)16(2)25(4)23(26)19-11-12-20(21(13-19)27-5)28-14-18-9-7-6-8-10-18/h6-13,16H,14H2,1-5H3. The van der Waals surface area contributed by atoms with E-state index in [1.54, 1.807) is 41.5 Å². The second-order valence-electron chi connectivity index (χ2n) is 6.91. The Balaban J connectivity index is 1.76. The normalized spacial score (nSPS) is 11.8. The molecule has 0 radical (unpaired) electrons. The molecule has 152 valence electrons. The molecule has 0 N–H and O–H groups in total. The summed E-state index contributed by atoms with van der Waals surface area (Å²) in [5, 5.41) is 1.01. The molecule has 0 spiro atoms. The number of aromatic nitrogens is 1. The zero-order valence-electron chi connectivity index (χ0n) is 17.4. The maximum absolute atomic E-state index is 13.1. The Morgan fingerprint density at radius 3 is 2.48 bits per heavy atom. The molecular formula is C23H26N2O3S. The predicted molar refractivity (Wildman–Crippen MR) is 116 cm³/mol. The van der Waals surface area contributed by atoms with Crippen molar-refractivity contribution in [3.63, 3.8) is 0 Å². The second kappa shape index (κ2) is 9.09. The zero-order chi connectivity index (χ0) is 21.0. The number of ether oxygens (including phenoxy) is 2. The van der Waals surface area contributed by atoms with Gasteiger partial charge in [-0.25, -0.2) is 4.98 Å². The van der Waals surface area contributed by atoms with Crippen LogP contribution in [0.25, 0.3) is 0 Å². The summed E-state index contributed by atoms with van der Waals surface area (Å²) in [6.45, 7) is 6.42. The van der Waals surface area contributed by atoms with Crippen molar-refractivity contribution in [2.75, 3.05) is 14.2 Å². The Hall–Kier alpha value is -2.86. The van der Waals surface area contributed by atoms with Crippen LogP contribution in [-0.4, -0.2) is 29.9 Å². The highest BCUT2D eigenvalue weighted by molar-refractivity contribution is 7.11. The summed E-state index contributed by atoms with van der Waals surface area (Å²) < 4.78 is 11.4. The molecule has 0 saturated carbocycles. The van der Waals surface area contributed by atoms with E-state index in [4.69, 9.17) is 9.47 Å². The summed E-state index contributed by atoms with van der Waals surface area (Å²) in [6.07, 6.45) is 0. The molecule has 6 heteroatoms. The average molecular weight is 411 g/mol. The molecular weight excluding hydrogens is 384 g/mol. The second-order valence-corrected chi connectivity index (χ2v) is 8.15. The minimum Gasteiger partial charge on any atom is -0.493 e. The first kappa shape index (κ1) is 20.9. The SMILES string of the molecule is COc1cc(C(=O)N(C)C(C)c2sc(C)nc2C)ccc1OCc1ccccc1. The Morgan fingerprint density at radius 1 is 1.14 bits per heavy atom. The summed E-state index contributed by atoms with van der Waals surface area (Å²) in [7, 11) is 3.39. The van der Waals surface area contributed by atoms with Gasteiger partial charge in [0, 0.05) is 17.5 Å². The fourth-order valence-corrected chi connectivity index (χ4v) is 4.17. The Labute approximate surface area is 175 Å². The molecule has 2 aromatic carbocycles. The van der Waals surface area contributed by atoms with E-state index in [-0.39, 0.29) is 11.9 Å². The van der Waals surface area contributed by atoms with E-state index in [9.17, 15) is 4.79 Å². The number of benzene rings is 2. The Morgan fingerprint density at radius 2 is 1.86 bits per heavy atom. The van der Waals surface area contributed by atoms with E-state index >= 15 is 0 Å². The molecule has 3 rings (SSSR count). The van der Waals surface area contributed by atoms with Gasteiger partial charge < -0.3 is 14.4 Å². The van der Waals surface area contributed by atoms with E-state index in [2.05, 4.69) is 4.98 Å². The third-order valence-electron chi connectivity index (χ3n) is 4.87. The molecule has 0 aliphatic carbocycles. The lowest BCUT2D eigenvalue weighted by atomic mass is 10.1. The van der Waals surface area contributed by atoms with Gasteiger partial charge in [0.2, 0.25) is 0 Å². The number of amides is 1. The molecule has 0 bridgehead atoms. The molecule has 1 amide bonds. The summed E-state index contributed by atoms with van der Waals surface area (Å²) in [5.74, 6) is 1.08. The maximum Gasteiger partial charge on any atom is 0.254 e. The Kier molecular flexibility index (Phi) is 6.54. The van der Waals surface area contributed by atoms with Crippen molar-refractivity contribution in [3.05, 3.63) is 75.2 Å². The minimum atomic E-state index is -0.0733. The van der Waals surface area contributed by atoms with Gasteiger partial charge in [-0.2, -0.15) is 0 Å². The summed E-state index contributed by atoms with van der Waals surface area (Å²) in [4.78, 5) is 20.4. The minimum absolute atomic E-state index is 0.0614. The number of thiazole rings is 1. The van der Waals surface area contributed by atoms with Gasteiger partial charge in [-0.1, -0.05) is 30.3 Å². The summed E-state index contributed by atoms with van der Waals surface area (Å²) >= 11 is 1.63. The summed E-state index contributed by atoms with van der Waals surface area (Å²) in [5.41, 5.74) is 2.60. The molecule has 3 aromatic rings. The third-order valence-corrected chi connectivity index (χ3v) is 6.11. The molecule has 1 aromatic heterocycles. The smallest absolute Gasteiger partial charge is 0.254 e. The lowest BCUT2D eigenvalue weighted by Crippen LogP contribution is -2.29. The van der Waals surface area contributed by atoms with E-state index in [1.165, 1.54) is 0 Å². The first-order valence-electron chi connectivity index (χ1n) is 9.46. The van der Waals surface area contributed by atoms with Crippen LogP contribution in [0.1, 0.15) is 44.5 Å². The molecule has 0 fully saturated rings. The molecule has 1 unspecified atom stereocenters. The zero-order valence-corrected chi connectivity index (χ0v) is 18.2. The first-order valence-corrected chi connectivity index (χ1v) is 10.3. The number of methoxy groups -OCH3 is 1. The highest BCUT2D eigenvalue weighted by atomic mass is 32.1. The lowest BCUT2D eigenvalue weighted by Gasteiger charge is -2.25. The topological polar surface area (TPSA) is 51.7 Å². The predicted octanol–water partition coefficient (Wildman–Crippen LogP) is 5.18. The van der Waals surface area contributed by atoms with Crippen LogP contribution in [-0.2, 0) is 6.61 Å². The lowest BCUT2D eigenvalue weighted by molar-refractivity contribution is 0.0744. The van der Waals surface area contributed by atoms with Crippen molar-refractivity contribution >= 4 is 17.2 Å². The molecule has 0 aliphatic rings. The van der Waals surface area contributed by atoms with E-state index in [0.29, 0.717) is 23.7 Å². The highest BCUT2D eigenvalue weighted by Gasteiger charge is 2.23. The van der Waals surface area contributed by atoms with Crippen LogP contribution in [0.4, 0.5) is 0 Å². The fraction of sp³-hybridized carbons (Fsp3) is 0.304. The molecule has 0 saturated heterocycles. The Bertz CT molecular complexity index is 985. The fourth-order valence-electron chi connectivity index (χ4n) is 3.15. The van der Waals surface area contributed by atoms with Crippen LogP contribution in [0.15, 0.2) is 48.5 Å². The van der Waals surface area contributed by atoms with E-state index in [0.717, 1.165) is 21.1 Å². The van der Waals surface area contributed by atoms with Crippen LogP contribution in [0.2, 0.25) is 0 Å². The monoisotopic (exact) mass is 410 g/mol. The van der Waals surface area contributed by atoms with Gasteiger partial charge in [0.05, 0.1) is 23.9 Å². The van der Waals surface area contributed by atoms with Gasteiger partial charge in [-0.05, 0) is 44.5 Å². The summed E-state index contributed by atoms with van der Waals surface area (Å²) in [6, 6.07) is 15.2. The van der Waals surface area contributed by atoms with Crippen LogP contribution < -0.4 is 9.47 Å². The number of aryl methyl sites for hydroxylation is 2. The molecule has 5 nitrogen and oxygen atoms in total. The van der Waals surface area contributed by atoms with Crippen molar-refractivity contribution in [3.8, 4) is 11.5 Å². The van der Waals surface area contributed by atoms with Crippen LogP contribution in [0.5, 0.6) is 11.5 Å². The third kappa shape index (κ3) is 4.77. The van der Waals surface area contributed by atoms with Crippen molar-refractivity contribution in [1.82, 2.24) is 9.88 Å². The number of hydrogen-bond acceptors (Lipinski definition) is 5. The van der Waals surface area contributed by atoms with Crippen molar-refractivity contribution in [2.24, 2.45) is 0 Å². The number of nitrogens with zero attached hydrogens (tertiary/aromatic N) is 2. The highest BCUT2D eigenvalue weighted by Crippen LogP contribution is 2.32.